The summed E-state index contributed by atoms with van der Waals surface area (Å²) >= 11 is 1.50. The Morgan fingerprint density at radius 2 is 1.95 bits per heavy atom. The summed E-state index contributed by atoms with van der Waals surface area (Å²) in [5, 5.41) is 5.18. The molecule has 6 heteroatoms. The van der Waals surface area contributed by atoms with Crippen molar-refractivity contribution in [3.8, 4) is 0 Å². The smallest absolute Gasteiger partial charge is 0.242 e. The van der Waals surface area contributed by atoms with Gasteiger partial charge in [0.05, 0.1) is 0 Å². The third-order valence-electron chi connectivity index (χ3n) is 2.90. The minimum atomic E-state index is -3.42. The van der Waals surface area contributed by atoms with Gasteiger partial charge in [-0.2, -0.15) is 0 Å². The van der Waals surface area contributed by atoms with Gasteiger partial charge in [-0.3, -0.25) is 0 Å². The zero-order valence-electron chi connectivity index (χ0n) is 12.3. The van der Waals surface area contributed by atoms with Crippen molar-refractivity contribution < 1.29 is 8.42 Å². The van der Waals surface area contributed by atoms with E-state index in [1.807, 2.05) is 40.0 Å². The Morgan fingerprint density at radius 1 is 1.32 bits per heavy atom. The first-order valence-electron chi connectivity index (χ1n) is 6.60. The minimum absolute atomic E-state index is 0.0461. The van der Waals surface area contributed by atoms with E-state index in [2.05, 4.69) is 10.0 Å². The van der Waals surface area contributed by atoms with E-state index in [1.165, 1.54) is 11.3 Å². The second-order valence-corrected chi connectivity index (χ2v) is 7.75. The molecule has 0 aliphatic carbocycles. The van der Waals surface area contributed by atoms with Crippen LogP contribution in [0.1, 0.15) is 44.6 Å². The molecule has 0 saturated heterocycles. The second kappa shape index (κ2) is 6.83. The Balaban J connectivity index is 3.01. The average Bonchev–Trinajstić information content (AvgIpc) is 2.67. The maximum Gasteiger partial charge on any atom is 0.242 e. The van der Waals surface area contributed by atoms with E-state index in [-0.39, 0.29) is 6.04 Å². The zero-order valence-corrected chi connectivity index (χ0v) is 13.9. The van der Waals surface area contributed by atoms with Crippen LogP contribution in [0.25, 0.3) is 0 Å². The molecule has 0 bridgehead atoms. The molecule has 19 heavy (non-hydrogen) atoms. The molecule has 0 aromatic carbocycles. The standard InChI is InChI=1S/C13H24N2O2S2/c1-6-11(5)15-19(16,17)13-10(4)8-18-12(13)7-14-9(2)3/h8-9,11,14-15H,6-7H2,1-5H3. The van der Waals surface area contributed by atoms with Gasteiger partial charge in [0.15, 0.2) is 0 Å². The van der Waals surface area contributed by atoms with E-state index in [0.29, 0.717) is 17.5 Å². The number of nitrogens with one attached hydrogen (secondary N) is 2. The molecule has 1 atom stereocenters. The van der Waals surface area contributed by atoms with Crippen molar-refractivity contribution in [1.29, 1.82) is 0 Å². The van der Waals surface area contributed by atoms with Crippen LogP contribution in [0.15, 0.2) is 10.3 Å². The molecule has 1 rings (SSSR count). The minimum Gasteiger partial charge on any atom is -0.310 e. The molecule has 0 saturated carbocycles. The lowest BCUT2D eigenvalue weighted by molar-refractivity contribution is 0.551. The van der Waals surface area contributed by atoms with Crippen LogP contribution in [0, 0.1) is 6.92 Å². The molecule has 4 nitrogen and oxygen atoms in total. The van der Waals surface area contributed by atoms with E-state index < -0.39 is 10.0 Å². The van der Waals surface area contributed by atoms with E-state index in [1.54, 1.807) is 0 Å². The number of thiophene rings is 1. The Morgan fingerprint density at radius 3 is 2.47 bits per heavy atom. The number of hydrogen-bond acceptors (Lipinski definition) is 4. The molecular weight excluding hydrogens is 280 g/mol. The molecule has 0 fully saturated rings. The molecule has 1 unspecified atom stereocenters. The number of rotatable bonds is 7. The quantitative estimate of drug-likeness (QED) is 0.814. The van der Waals surface area contributed by atoms with Gasteiger partial charge < -0.3 is 5.32 Å². The lowest BCUT2D eigenvalue weighted by Crippen LogP contribution is -2.33. The highest BCUT2D eigenvalue weighted by atomic mass is 32.2. The van der Waals surface area contributed by atoms with Gasteiger partial charge in [0.1, 0.15) is 4.90 Å². The van der Waals surface area contributed by atoms with Crippen LogP contribution in [0.4, 0.5) is 0 Å². The Kier molecular flexibility index (Phi) is 5.98. The van der Waals surface area contributed by atoms with E-state index in [0.717, 1.165) is 16.9 Å². The molecule has 1 aromatic heterocycles. The van der Waals surface area contributed by atoms with E-state index in [4.69, 9.17) is 0 Å². The van der Waals surface area contributed by atoms with Crippen LogP contribution in [-0.4, -0.2) is 20.5 Å². The third-order valence-corrected chi connectivity index (χ3v) is 5.95. The summed E-state index contributed by atoms with van der Waals surface area (Å²) in [5.41, 5.74) is 0.821. The SMILES string of the molecule is CCC(C)NS(=O)(=O)c1c(C)csc1CNC(C)C. The molecule has 2 N–H and O–H groups in total. The Hall–Kier alpha value is -0.430. The van der Waals surface area contributed by atoms with Crippen molar-refractivity contribution in [3.05, 3.63) is 15.8 Å². The fourth-order valence-corrected chi connectivity index (χ4v) is 4.76. The summed E-state index contributed by atoms with van der Waals surface area (Å²) in [4.78, 5) is 1.33. The van der Waals surface area contributed by atoms with Gasteiger partial charge in [0, 0.05) is 23.5 Å². The third kappa shape index (κ3) is 4.56. The summed E-state index contributed by atoms with van der Waals surface area (Å²) in [6, 6.07) is 0.288. The van der Waals surface area contributed by atoms with Crippen molar-refractivity contribution in [2.45, 2.75) is 64.6 Å². The predicted octanol–water partition coefficient (Wildman–Crippen LogP) is 2.63. The largest absolute Gasteiger partial charge is 0.310 e. The van der Waals surface area contributed by atoms with E-state index in [9.17, 15) is 8.42 Å². The highest BCUT2D eigenvalue weighted by Crippen LogP contribution is 2.27. The number of aryl methyl sites for hydroxylation is 1. The highest BCUT2D eigenvalue weighted by molar-refractivity contribution is 7.89. The molecule has 0 spiro atoms. The predicted molar refractivity (Wildman–Crippen MR) is 81.1 cm³/mol. The van der Waals surface area contributed by atoms with Gasteiger partial charge >= 0.3 is 0 Å². The molecule has 110 valence electrons. The molecular formula is C13H24N2O2S2. The van der Waals surface area contributed by atoms with Crippen LogP contribution < -0.4 is 10.0 Å². The van der Waals surface area contributed by atoms with Crippen molar-refractivity contribution in [3.63, 3.8) is 0 Å². The normalized spacial score (nSPS) is 14.0. The van der Waals surface area contributed by atoms with Gasteiger partial charge in [0.25, 0.3) is 0 Å². The molecule has 0 amide bonds. The topological polar surface area (TPSA) is 58.2 Å². The van der Waals surface area contributed by atoms with Crippen LogP contribution >= 0.6 is 11.3 Å². The first-order valence-corrected chi connectivity index (χ1v) is 8.96. The zero-order chi connectivity index (χ0) is 14.6. The van der Waals surface area contributed by atoms with Crippen LogP contribution in [-0.2, 0) is 16.6 Å². The van der Waals surface area contributed by atoms with Gasteiger partial charge in [-0.1, -0.05) is 20.8 Å². The molecule has 0 aliphatic rings. The van der Waals surface area contributed by atoms with Gasteiger partial charge in [-0.25, -0.2) is 13.1 Å². The molecule has 0 radical (unpaired) electrons. The summed E-state index contributed by atoms with van der Waals surface area (Å²) < 4.78 is 27.6. The maximum absolute atomic E-state index is 12.4. The summed E-state index contributed by atoms with van der Waals surface area (Å²) in [7, 11) is -3.42. The van der Waals surface area contributed by atoms with Crippen LogP contribution in [0.3, 0.4) is 0 Å². The fraction of sp³-hybridized carbons (Fsp3) is 0.692. The van der Waals surface area contributed by atoms with Crippen molar-refractivity contribution in [2.75, 3.05) is 0 Å². The first kappa shape index (κ1) is 16.6. The molecule has 0 aliphatic heterocycles. The Labute approximate surface area is 120 Å². The highest BCUT2D eigenvalue weighted by Gasteiger charge is 2.24. The van der Waals surface area contributed by atoms with Crippen LogP contribution in [0.5, 0.6) is 0 Å². The first-order chi connectivity index (χ1) is 8.77. The molecule has 1 heterocycles. The summed E-state index contributed by atoms with van der Waals surface area (Å²) in [5.74, 6) is 0. The monoisotopic (exact) mass is 304 g/mol. The lowest BCUT2D eigenvalue weighted by atomic mass is 10.3. The van der Waals surface area contributed by atoms with Crippen molar-refractivity contribution in [2.24, 2.45) is 0 Å². The summed E-state index contributed by atoms with van der Waals surface area (Å²) in [6.07, 6.45) is 0.780. The van der Waals surface area contributed by atoms with Gasteiger partial charge in [-0.15, -0.1) is 11.3 Å². The Bertz CT molecular complexity index is 507. The van der Waals surface area contributed by atoms with Crippen molar-refractivity contribution in [1.82, 2.24) is 10.0 Å². The van der Waals surface area contributed by atoms with E-state index >= 15 is 0 Å². The average molecular weight is 304 g/mol. The lowest BCUT2D eigenvalue weighted by Gasteiger charge is -2.14. The van der Waals surface area contributed by atoms with Crippen LogP contribution in [0.2, 0.25) is 0 Å². The van der Waals surface area contributed by atoms with Crippen molar-refractivity contribution >= 4 is 21.4 Å². The number of hydrogen-bond donors (Lipinski definition) is 2. The maximum atomic E-state index is 12.4. The fourth-order valence-electron chi connectivity index (χ4n) is 1.67. The summed E-state index contributed by atoms with van der Waals surface area (Å²) in [6.45, 7) is 10.4. The second-order valence-electron chi connectivity index (χ2n) is 5.14. The molecule has 1 aromatic rings. The van der Waals surface area contributed by atoms with Gasteiger partial charge in [-0.05, 0) is 31.2 Å². The number of sulfonamides is 1. The van der Waals surface area contributed by atoms with Gasteiger partial charge in [0.2, 0.25) is 10.0 Å².